The maximum atomic E-state index is 6.05. The molecule has 70 valence electrons. The molecule has 0 spiro atoms. The summed E-state index contributed by atoms with van der Waals surface area (Å²) in [5, 5.41) is 4.07. The molecular formula is C10H12ClNO. The number of benzene rings is 1. The molecule has 2 nitrogen and oxygen atoms in total. The lowest BCUT2D eigenvalue weighted by molar-refractivity contribution is 0.0277. The fraction of sp³-hybridized carbons (Fsp3) is 0.400. The topological polar surface area (TPSA) is 21.3 Å². The third-order valence-corrected chi connectivity index (χ3v) is 2.52. The summed E-state index contributed by atoms with van der Waals surface area (Å²) in [6, 6.07) is 7.83. The van der Waals surface area contributed by atoms with Crippen LogP contribution in [0.25, 0.3) is 0 Å². The second kappa shape index (κ2) is 4.09. The number of ether oxygens (including phenoxy) is 1. The van der Waals surface area contributed by atoms with Gasteiger partial charge in [-0.2, -0.15) is 0 Å². The smallest absolute Gasteiger partial charge is 0.0964 e. The van der Waals surface area contributed by atoms with E-state index < -0.39 is 0 Å². The largest absolute Gasteiger partial charge is 0.371 e. The molecule has 13 heavy (non-hydrogen) atoms. The summed E-state index contributed by atoms with van der Waals surface area (Å²) >= 11 is 6.05. The van der Waals surface area contributed by atoms with Gasteiger partial charge in [-0.1, -0.05) is 29.8 Å². The second-order valence-electron chi connectivity index (χ2n) is 3.09. The molecule has 1 aliphatic rings. The van der Waals surface area contributed by atoms with Gasteiger partial charge in [0, 0.05) is 23.7 Å². The molecule has 0 radical (unpaired) electrons. The van der Waals surface area contributed by atoms with Gasteiger partial charge in [-0.05, 0) is 6.07 Å². The van der Waals surface area contributed by atoms with Crippen LogP contribution in [0, 0.1) is 0 Å². The maximum absolute atomic E-state index is 6.05. The minimum Gasteiger partial charge on any atom is -0.371 e. The molecule has 1 aromatic carbocycles. The van der Waals surface area contributed by atoms with Crippen molar-refractivity contribution < 1.29 is 4.74 Å². The molecule has 0 amide bonds. The van der Waals surface area contributed by atoms with E-state index in [0.29, 0.717) is 0 Å². The molecule has 1 heterocycles. The van der Waals surface area contributed by atoms with Gasteiger partial charge in [0.1, 0.15) is 0 Å². The molecule has 0 aliphatic carbocycles. The Hall–Kier alpha value is -0.570. The molecule has 2 rings (SSSR count). The van der Waals surface area contributed by atoms with E-state index in [-0.39, 0.29) is 6.10 Å². The van der Waals surface area contributed by atoms with Gasteiger partial charge in [0.25, 0.3) is 0 Å². The Bertz CT molecular complexity index is 284. The van der Waals surface area contributed by atoms with E-state index in [4.69, 9.17) is 16.3 Å². The number of hydrogen-bond donors (Lipinski definition) is 1. The predicted molar refractivity (Wildman–Crippen MR) is 53.0 cm³/mol. The van der Waals surface area contributed by atoms with Crippen LogP contribution < -0.4 is 5.32 Å². The monoisotopic (exact) mass is 197 g/mol. The van der Waals surface area contributed by atoms with E-state index in [2.05, 4.69) is 5.32 Å². The van der Waals surface area contributed by atoms with E-state index in [1.807, 2.05) is 24.3 Å². The Morgan fingerprint density at radius 1 is 1.38 bits per heavy atom. The van der Waals surface area contributed by atoms with Crippen LogP contribution in [0.1, 0.15) is 11.7 Å². The van der Waals surface area contributed by atoms with Crippen LogP contribution >= 0.6 is 11.6 Å². The fourth-order valence-electron chi connectivity index (χ4n) is 1.50. The van der Waals surface area contributed by atoms with Gasteiger partial charge in [-0.15, -0.1) is 0 Å². The zero-order valence-corrected chi connectivity index (χ0v) is 8.05. The van der Waals surface area contributed by atoms with Gasteiger partial charge < -0.3 is 10.1 Å². The number of morpholine rings is 1. The highest BCUT2D eigenvalue weighted by Crippen LogP contribution is 2.25. The van der Waals surface area contributed by atoms with Crippen molar-refractivity contribution in [3.05, 3.63) is 34.9 Å². The Morgan fingerprint density at radius 2 is 2.23 bits per heavy atom. The molecule has 0 bridgehead atoms. The summed E-state index contributed by atoms with van der Waals surface area (Å²) in [7, 11) is 0. The van der Waals surface area contributed by atoms with Crippen molar-refractivity contribution in [3.8, 4) is 0 Å². The molecule has 0 unspecified atom stereocenters. The summed E-state index contributed by atoms with van der Waals surface area (Å²) in [6.45, 7) is 2.54. The summed E-state index contributed by atoms with van der Waals surface area (Å²) < 4.78 is 5.60. The van der Waals surface area contributed by atoms with Crippen LogP contribution in [0.3, 0.4) is 0 Å². The molecule has 3 heteroatoms. The van der Waals surface area contributed by atoms with Gasteiger partial charge in [0.2, 0.25) is 0 Å². The van der Waals surface area contributed by atoms with Crippen molar-refractivity contribution in [2.75, 3.05) is 19.7 Å². The SMILES string of the molecule is Clc1ccccc1[C@H]1CNCCO1. The summed E-state index contributed by atoms with van der Waals surface area (Å²) in [5.74, 6) is 0. The molecule has 0 aromatic heterocycles. The van der Waals surface area contributed by atoms with Crippen LogP contribution in [0.5, 0.6) is 0 Å². The highest BCUT2D eigenvalue weighted by atomic mass is 35.5. The molecule has 1 aromatic rings. The lowest BCUT2D eigenvalue weighted by Crippen LogP contribution is -2.33. The third kappa shape index (κ3) is 2.02. The minimum absolute atomic E-state index is 0.113. The van der Waals surface area contributed by atoms with Crippen molar-refractivity contribution in [1.29, 1.82) is 0 Å². The van der Waals surface area contributed by atoms with Crippen LogP contribution in [-0.2, 0) is 4.74 Å². The van der Waals surface area contributed by atoms with E-state index in [1.165, 1.54) is 0 Å². The molecule has 0 saturated carbocycles. The third-order valence-electron chi connectivity index (χ3n) is 2.18. The number of hydrogen-bond acceptors (Lipinski definition) is 2. The quantitative estimate of drug-likeness (QED) is 0.744. The van der Waals surface area contributed by atoms with Gasteiger partial charge >= 0.3 is 0 Å². The first kappa shape index (κ1) is 9.00. The average Bonchev–Trinajstić information content (AvgIpc) is 2.20. The molecular weight excluding hydrogens is 186 g/mol. The lowest BCUT2D eigenvalue weighted by atomic mass is 10.1. The first-order chi connectivity index (χ1) is 6.38. The van der Waals surface area contributed by atoms with Crippen molar-refractivity contribution in [2.24, 2.45) is 0 Å². The maximum Gasteiger partial charge on any atom is 0.0964 e. The Labute approximate surface area is 82.9 Å². The van der Waals surface area contributed by atoms with Crippen LogP contribution in [-0.4, -0.2) is 19.7 Å². The first-order valence-electron chi connectivity index (χ1n) is 4.44. The number of rotatable bonds is 1. The molecule has 1 N–H and O–H groups in total. The zero-order valence-electron chi connectivity index (χ0n) is 7.29. The number of halogens is 1. The fourth-order valence-corrected chi connectivity index (χ4v) is 1.76. The second-order valence-corrected chi connectivity index (χ2v) is 3.49. The van der Waals surface area contributed by atoms with E-state index >= 15 is 0 Å². The van der Waals surface area contributed by atoms with Gasteiger partial charge in [-0.3, -0.25) is 0 Å². The van der Waals surface area contributed by atoms with Crippen molar-refractivity contribution >= 4 is 11.6 Å². The molecule has 1 saturated heterocycles. The van der Waals surface area contributed by atoms with Crippen molar-refractivity contribution in [3.63, 3.8) is 0 Å². The van der Waals surface area contributed by atoms with Gasteiger partial charge in [0.15, 0.2) is 0 Å². The predicted octanol–water partition coefficient (Wildman–Crippen LogP) is 2.00. The number of nitrogens with one attached hydrogen (secondary N) is 1. The van der Waals surface area contributed by atoms with E-state index in [0.717, 1.165) is 30.3 Å². The highest BCUT2D eigenvalue weighted by Gasteiger charge is 2.17. The van der Waals surface area contributed by atoms with Gasteiger partial charge in [-0.25, -0.2) is 0 Å². The van der Waals surface area contributed by atoms with Crippen LogP contribution in [0.2, 0.25) is 5.02 Å². The minimum atomic E-state index is 0.113. The Balaban J connectivity index is 2.18. The van der Waals surface area contributed by atoms with Crippen molar-refractivity contribution in [2.45, 2.75) is 6.10 Å². The van der Waals surface area contributed by atoms with Crippen molar-refractivity contribution in [1.82, 2.24) is 5.32 Å². The lowest BCUT2D eigenvalue weighted by Gasteiger charge is -2.24. The van der Waals surface area contributed by atoms with Crippen LogP contribution in [0.15, 0.2) is 24.3 Å². The standard InChI is InChI=1S/C10H12ClNO/c11-9-4-2-1-3-8(9)10-7-12-5-6-13-10/h1-4,10,12H,5-7H2/t10-/m1/s1. The normalized spacial score (nSPS) is 23.0. The zero-order chi connectivity index (χ0) is 9.10. The summed E-state index contributed by atoms with van der Waals surface area (Å²) in [6.07, 6.45) is 0.113. The van der Waals surface area contributed by atoms with Crippen LogP contribution in [0.4, 0.5) is 0 Å². The Kier molecular flexibility index (Phi) is 2.83. The first-order valence-corrected chi connectivity index (χ1v) is 4.82. The summed E-state index contributed by atoms with van der Waals surface area (Å²) in [5.41, 5.74) is 1.08. The average molecular weight is 198 g/mol. The highest BCUT2D eigenvalue weighted by molar-refractivity contribution is 6.31. The van der Waals surface area contributed by atoms with Gasteiger partial charge in [0.05, 0.1) is 12.7 Å². The summed E-state index contributed by atoms with van der Waals surface area (Å²) in [4.78, 5) is 0. The molecule has 1 fully saturated rings. The molecule has 1 aliphatic heterocycles. The van der Waals surface area contributed by atoms with E-state index in [1.54, 1.807) is 0 Å². The van der Waals surface area contributed by atoms with E-state index in [9.17, 15) is 0 Å². The molecule has 1 atom stereocenters. The Morgan fingerprint density at radius 3 is 2.92 bits per heavy atom.